The van der Waals surface area contributed by atoms with Crippen molar-refractivity contribution in [3.05, 3.63) is 81.6 Å². The van der Waals surface area contributed by atoms with Crippen molar-refractivity contribution in [3.8, 4) is 0 Å². The number of benzene rings is 2. The lowest BCUT2D eigenvalue weighted by molar-refractivity contribution is -0.116. The van der Waals surface area contributed by atoms with Crippen molar-refractivity contribution in [2.75, 3.05) is 7.05 Å². The quantitative estimate of drug-likeness (QED) is 0.291. The molecular formula is C17H14FN5O. The third-order valence-electron chi connectivity index (χ3n) is 3.07. The molecule has 24 heavy (non-hydrogen) atoms. The van der Waals surface area contributed by atoms with E-state index < -0.39 is 5.91 Å². The van der Waals surface area contributed by atoms with Gasteiger partial charge in [0, 0.05) is 29.4 Å². The van der Waals surface area contributed by atoms with Crippen molar-refractivity contribution in [2.24, 2.45) is 10.1 Å². The highest BCUT2D eigenvalue weighted by Crippen LogP contribution is 2.17. The zero-order valence-corrected chi connectivity index (χ0v) is 12.8. The van der Waals surface area contributed by atoms with E-state index in [2.05, 4.69) is 20.3 Å². The fraction of sp³-hybridized carbons (Fsp3) is 0.0588. The summed E-state index contributed by atoms with van der Waals surface area (Å²) in [6.07, 6.45) is 2.97. The molecule has 2 aromatic carbocycles. The van der Waals surface area contributed by atoms with Crippen molar-refractivity contribution >= 4 is 23.9 Å². The van der Waals surface area contributed by atoms with E-state index in [1.807, 2.05) is 0 Å². The molecule has 7 heteroatoms. The molecule has 6 nitrogen and oxygen atoms in total. The number of hydrogen-bond acceptors (Lipinski definition) is 3. The van der Waals surface area contributed by atoms with Crippen LogP contribution in [0.25, 0.3) is 16.5 Å². The minimum Gasteiger partial charge on any atom is -0.354 e. The van der Waals surface area contributed by atoms with Gasteiger partial charge in [-0.15, -0.1) is 0 Å². The van der Waals surface area contributed by atoms with Gasteiger partial charge in [-0.05, 0) is 29.3 Å². The van der Waals surface area contributed by atoms with Crippen LogP contribution in [0.1, 0.15) is 11.1 Å². The Morgan fingerprint density at radius 2 is 1.92 bits per heavy atom. The summed E-state index contributed by atoms with van der Waals surface area (Å²) >= 11 is 0. The Labute approximate surface area is 138 Å². The van der Waals surface area contributed by atoms with Gasteiger partial charge in [0.15, 0.2) is 0 Å². The maximum Gasteiger partial charge on any atom is 0.269 e. The first-order chi connectivity index (χ1) is 11.6. The third kappa shape index (κ3) is 4.53. The van der Waals surface area contributed by atoms with Gasteiger partial charge in [-0.25, -0.2) is 4.39 Å². The lowest BCUT2D eigenvalue weighted by Gasteiger charge is -2.02. The molecule has 2 aromatic rings. The Hall–Kier alpha value is -3.44. The minimum atomic E-state index is -0.392. The number of aliphatic imine (C=N–C) groups is 1. The van der Waals surface area contributed by atoms with Crippen molar-refractivity contribution in [2.45, 2.75) is 0 Å². The van der Waals surface area contributed by atoms with Crippen LogP contribution in [0.5, 0.6) is 0 Å². The molecule has 0 aliphatic carbocycles. The molecule has 0 unspecified atom stereocenters. The van der Waals surface area contributed by atoms with Gasteiger partial charge in [-0.2, -0.15) is 0 Å². The number of likely N-dealkylation sites (N-methyl/N-ethyl adjacent to an activating group) is 1. The summed E-state index contributed by atoms with van der Waals surface area (Å²) in [4.78, 5) is 18.9. The molecule has 1 amide bonds. The van der Waals surface area contributed by atoms with E-state index in [1.165, 1.54) is 31.5 Å². The first kappa shape index (κ1) is 16.9. The fourth-order valence-corrected chi connectivity index (χ4v) is 1.88. The van der Waals surface area contributed by atoms with E-state index in [4.69, 9.17) is 5.53 Å². The van der Waals surface area contributed by atoms with E-state index in [1.54, 1.807) is 36.4 Å². The van der Waals surface area contributed by atoms with Crippen molar-refractivity contribution in [1.82, 2.24) is 5.32 Å². The molecule has 0 fully saturated rings. The first-order valence-electron chi connectivity index (χ1n) is 7.01. The molecule has 0 bridgehead atoms. The van der Waals surface area contributed by atoms with Crippen molar-refractivity contribution < 1.29 is 9.18 Å². The molecule has 0 aliphatic rings. The second-order valence-electron chi connectivity index (χ2n) is 4.67. The van der Waals surface area contributed by atoms with Crippen LogP contribution < -0.4 is 5.32 Å². The molecule has 0 saturated carbocycles. The highest BCUT2D eigenvalue weighted by molar-refractivity contribution is 6.00. The molecule has 2 rings (SSSR count). The van der Waals surface area contributed by atoms with Crippen molar-refractivity contribution in [3.63, 3.8) is 0 Å². The second-order valence-corrected chi connectivity index (χ2v) is 4.67. The van der Waals surface area contributed by atoms with Gasteiger partial charge >= 0.3 is 0 Å². The molecular weight excluding hydrogens is 309 g/mol. The highest BCUT2D eigenvalue weighted by Gasteiger charge is 2.06. The Balaban J connectivity index is 2.38. The Kier molecular flexibility index (Phi) is 5.82. The number of nitrogens with zero attached hydrogens (tertiary/aromatic N) is 4. The van der Waals surface area contributed by atoms with Crippen molar-refractivity contribution in [1.29, 1.82) is 0 Å². The van der Waals surface area contributed by atoms with E-state index in [0.717, 1.165) is 0 Å². The van der Waals surface area contributed by atoms with Gasteiger partial charge in [-0.1, -0.05) is 41.5 Å². The smallest absolute Gasteiger partial charge is 0.269 e. The SMILES string of the molecule is CNC(=O)/C(=C/c1ccc(F)cc1)N=Cc1ccccc1N=[N+]=[N-]. The fourth-order valence-electron chi connectivity index (χ4n) is 1.88. The van der Waals surface area contributed by atoms with E-state index in [0.29, 0.717) is 16.8 Å². The van der Waals surface area contributed by atoms with E-state index in [9.17, 15) is 9.18 Å². The number of azide groups is 1. The summed E-state index contributed by atoms with van der Waals surface area (Å²) in [5.41, 5.74) is 10.3. The van der Waals surface area contributed by atoms with Gasteiger partial charge in [0.05, 0.1) is 0 Å². The third-order valence-corrected chi connectivity index (χ3v) is 3.07. The molecule has 0 aliphatic heterocycles. The van der Waals surface area contributed by atoms with Gasteiger partial charge < -0.3 is 5.32 Å². The normalized spacial score (nSPS) is 11.2. The van der Waals surface area contributed by atoms with Crippen LogP contribution in [-0.2, 0) is 4.79 Å². The average Bonchev–Trinajstić information content (AvgIpc) is 2.61. The molecule has 0 atom stereocenters. The Morgan fingerprint density at radius 3 is 2.58 bits per heavy atom. The standard InChI is InChI=1S/C17H14FN5O/c1-20-17(24)16(10-12-6-8-14(18)9-7-12)21-11-13-4-2-3-5-15(13)22-23-19/h2-11H,1H3,(H,20,24)/b16-10-,21-11?. The van der Waals surface area contributed by atoms with Crippen LogP contribution in [0, 0.1) is 5.82 Å². The van der Waals surface area contributed by atoms with Gasteiger partial charge in [-0.3, -0.25) is 9.79 Å². The van der Waals surface area contributed by atoms with Gasteiger partial charge in [0.25, 0.3) is 5.91 Å². The number of rotatable bonds is 5. The first-order valence-corrected chi connectivity index (χ1v) is 7.01. The number of carbonyl (C=O) groups is 1. The maximum atomic E-state index is 13.0. The molecule has 0 aromatic heterocycles. The maximum absolute atomic E-state index is 13.0. The van der Waals surface area contributed by atoms with Crippen LogP contribution >= 0.6 is 0 Å². The zero-order valence-electron chi connectivity index (χ0n) is 12.8. The van der Waals surface area contributed by atoms with Crippen LogP contribution in [0.4, 0.5) is 10.1 Å². The average molecular weight is 323 g/mol. The molecule has 0 heterocycles. The highest BCUT2D eigenvalue weighted by atomic mass is 19.1. The zero-order chi connectivity index (χ0) is 17.4. The van der Waals surface area contributed by atoms with Crippen LogP contribution in [0.15, 0.2) is 64.3 Å². The number of nitrogens with one attached hydrogen (secondary N) is 1. The monoisotopic (exact) mass is 323 g/mol. The van der Waals surface area contributed by atoms with E-state index >= 15 is 0 Å². The van der Waals surface area contributed by atoms with Crippen LogP contribution in [-0.4, -0.2) is 19.2 Å². The topological polar surface area (TPSA) is 90.2 Å². The molecule has 120 valence electrons. The summed E-state index contributed by atoms with van der Waals surface area (Å²) in [6.45, 7) is 0. The largest absolute Gasteiger partial charge is 0.354 e. The molecule has 0 radical (unpaired) electrons. The predicted octanol–water partition coefficient (Wildman–Crippen LogP) is 3.97. The lowest BCUT2D eigenvalue weighted by atomic mass is 10.1. The summed E-state index contributed by atoms with van der Waals surface area (Å²) in [5.74, 6) is -0.753. The van der Waals surface area contributed by atoms with Gasteiger partial charge in [0.1, 0.15) is 11.5 Å². The van der Waals surface area contributed by atoms with Gasteiger partial charge in [0.2, 0.25) is 0 Å². The summed E-state index contributed by atoms with van der Waals surface area (Å²) in [6, 6.07) is 12.5. The lowest BCUT2D eigenvalue weighted by Crippen LogP contribution is -2.19. The second kappa shape index (κ2) is 8.26. The number of carbonyl (C=O) groups excluding carboxylic acids is 1. The van der Waals surface area contributed by atoms with E-state index in [-0.39, 0.29) is 11.5 Å². The molecule has 0 saturated heterocycles. The summed E-state index contributed by atoms with van der Waals surface area (Å²) in [7, 11) is 1.49. The predicted molar refractivity (Wildman–Crippen MR) is 91.3 cm³/mol. The minimum absolute atomic E-state index is 0.139. The Bertz CT molecular complexity index is 836. The van der Waals surface area contributed by atoms with Crippen LogP contribution in [0.3, 0.4) is 0 Å². The Morgan fingerprint density at radius 1 is 1.21 bits per heavy atom. The molecule has 0 spiro atoms. The summed E-state index contributed by atoms with van der Waals surface area (Å²) in [5, 5.41) is 6.07. The number of halogens is 1. The number of amides is 1. The molecule has 1 N–H and O–H groups in total. The summed E-state index contributed by atoms with van der Waals surface area (Å²) < 4.78 is 13.0. The van der Waals surface area contributed by atoms with Crippen LogP contribution in [0.2, 0.25) is 0 Å². The number of hydrogen-bond donors (Lipinski definition) is 1.